The van der Waals surface area contributed by atoms with Gasteiger partial charge < -0.3 is 14.8 Å². The summed E-state index contributed by atoms with van der Waals surface area (Å²) in [6, 6.07) is 5.68. The van der Waals surface area contributed by atoms with E-state index in [0.717, 1.165) is 12.0 Å². The quantitative estimate of drug-likeness (QED) is 0.888. The van der Waals surface area contributed by atoms with Crippen LogP contribution in [0.3, 0.4) is 0 Å². The zero-order chi connectivity index (χ0) is 14.0. The van der Waals surface area contributed by atoms with E-state index in [4.69, 9.17) is 9.47 Å². The molecule has 1 fully saturated rings. The molecule has 1 aliphatic carbocycles. The normalized spacial score (nSPS) is 22.5. The summed E-state index contributed by atoms with van der Waals surface area (Å²) in [5.74, 6) is 2.25. The largest absolute Gasteiger partial charge is 0.493 e. The average Bonchev–Trinajstić information content (AvgIpc) is 3.15. The van der Waals surface area contributed by atoms with Crippen molar-refractivity contribution in [3.05, 3.63) is 23.8 Å². The minimum atomic E-state index is -0.0277. The van der Waals surface area contributed by atoms with Crippen molar-refractivity contribution in [2.24, 2.45) is 11.8 Å². The molecule has 0 heterocycles. The zero-order valence-corrected chi connectivity index (χ0v) is 11.9. The van der Waals surface area contributed by atoms with E-state index in [-0.39, 0.29) is 17.9 Å². The Labute approximate surface area is 114 Å². The number of hydrogen-bond acceptors (Lipinski definition) is 3. The third kappa shape index (κ3) is 3.00. The van der Waals surface area contributed by atoms with Crippen molar-refractivity contribution < 1.29 is 14.3 Å². The van der Waals surface area contributed by atoms with Crippen LogP contribution in [0.15, 0.2) is 18.2 Å². The van der Waals surface area contributed by atoms with Gasteiger partial charge in [-0.1, -0.05) is 13.0 Å². The van der Waals surface area contributed by atoms with E-state index in [0.29, 0.717) is 17.4 Å². The summed E-state index contributed by atoms with van der Waals surface area (Å²) in [4.78, 5) is 11.9. The Morgan fingerprint density at radius 3 is 2.47 bits per heavy atom. The number of methoxy groups -OCH3 is 2. The van der Waals surface area contributed by atoms with Gasteiger partial charge in [-0.3, -0.25) is 4.79 Å². The molecule has 1 saturated carbocycles. The predicted molar refractivity (Wildman–Crippen MR) is 73.4 cm³/mol. The third-order valence-electron chi connectivity index (χ3n) is 3.71. The number of nitrogens with one attached hydrogen (secondary N) is 1. The van der Waals surface area contributed by atoms with Crippen molar-refractivity contribution >= 4 is 5.91 Å². The first-order chi connectivity index (χ1) is 9.06. The van der Waals surface area contributed by atoms with Gasteiger partial charge in [0.05, 0.1) is 20.3 Å². The molecule has 1 N–H and O–H groups in total. The molecule has 19 heavy (non-hydrogen) atoms. The van der Waals surface area contributed by atoms with Crippen LogP contribution in [-0.2, 0) is 4.79 Å². The first kappa shape index (κ1) is 13.7. The van der Waals surface area contributed by atoms with Crippen LogP contribution in [0.5, 0.6) is 11.5 Å². The maximum absolute atomic E-state index is 11.9. The lowest BCUT2D eigenvalue weighted by molar-refractivity contribution is -0.123. The van der Waals surface area contributed by atoms with E-state index in [1.165, 1.54) is 0 Å². The highest BCUT2D eigenvalue weighted by atomic mass is 16.5. The highest BCUT2D eigenvalue weighted by Gasteiger charge is 2.39. The van der Waals surface area contributed by atoms with Gasteiger partial charge in [0.2, 0.25) is 5.91 Å². The lowest BCUT2D eigenvalue weighted by Crippen LogP contribution is -2.28. The summed E-state index contributed by atoms with van der Waals surface area (Å²) >= 11 is 0. The number of rotatable bonds is 5. The molecular weight excluding hydrogens is 242 g/mol. The zero-order valence-electron chi connectivity index (χ0n) is 11.9. The number of carbonyl (C=O) groups excluding carboxylic acids is 1. The highest BCUT2D eigenvalue weighted by Crippen LogP contribution is 2.38. The van der Waals surface area contributed by atoms with Gasteiger partial charge in [0.1, 0.15) is 0 Å². The Morgan fingerprint density at radius 1 is 1.32 bits per heavy atom. The van der Waals surface area contributed by atoms with Crippen LogP contribution < -0.4 is 14.8 Å². The smallest absolute Gasteiger partial charge is 0.223 e. The standard InChI is InChI=1S/C15H21NO3/c1-9-7-12(9)15(17)16-10(2)11-5-6-13(18-3)14(8-11)19-4/h5-6,8-10,12H,7H2,1-4H3,(H,16,17)/t9-,10+,12-/m0/s1. The molecule has 3 atom stereocenters. The van der Waals surface area contributed by atoms with Crippen molar-refractivity contribution in [2.45, 2.75) is 26.3 Å². The lowest BCUT2D eigenvalue weighted by atomic mass is 10.1. The van der Waals surface area contributed by atoms with Crippen LogP contribution >= 0.6 is 0 Å². The predicted octanol–water partition coefficient (Wildman–Crippen LogP) is 2.54. The lowest BCUT2D eigenvalue weighted by Gasteiger charge is -2.16. The van der Waals surface area contributed by atoms with Gasteiger partial charge in [0.25, 0.3) is 0 Å². The maximum atomic E-state index is 11.9. The molecule has 1 amide bonds. The van der Waals surface area contributed by atoms with Crippen molar-refractivity contribution in [1.82, 2.24) is 5.32 Å². The Kier molecular flexibility index (Phi) is 3.98. The molecule has 104 valence electrons. The first-order valence-electron chi connectivity index (χ1n) is 6.59. The first-order valence-corrected chi connectivity index (χ1v) is 6.59. The molecular formula is C15H21NO3. The van der Waals surface area contributed by atoms with Crippen molar-refractivity contribution in [1.29, 1.82) is 0 Å². The fourth-order valence-corrected chi connectivity index (χ4v) is 2.21. The molecule has 0 bridgehead atoms. The molecule has 0 radical (unpaired) electrons. The maximum Gasteiger partial charge on any atom is 0.223 e. The van der Waals surface area contributed by atoms with Gasteiger partial charge in [0.15, 0.2) is 11.5 Å². The van der Waals surface area contributed by atoms with Gasteiger partial charge >= 0.3 is 0 Å². The molecule has 4 heteroatoms. The van der Waals surface area contributed by atoms with E-state index in [1.54, 1.807) is 14.2 Å². The van der Waals surface area contributed by atoms with Crippen LogP contribution in [0.2, 0.25) is 0 Å². The molecule has 0 spiro atoms. The number of amides is 1. The van der Waals surface area contributed by atoms with Crippen LogP contribution in [0.4, 0.5) is 0 Å². The van der Waals surface area contributed by atoms with Gasteiger partial charge in [-0.25, -0.2) is 0 Å². The van der Waals surface area contributed by atoms with Crippen LogP contribution in [0, 0.1) is 11.8 Å². The molecule has 0 saturated heterocycles. The Bertz CT molecular complexity index is 472. The van der Waals surface area contributed by atoms with E-state index in [2.05, 4.69) is 12.2 Å². The molecule has 1 aliphatic rings. The summed E-state index contributed by atoms with van der Waals surface area (Å²) < 4.78 is 10.5. The average molecular weight is 263 g/mol. The summed E-state index contributed by atoms with van der Waals surface area (Å²) in [5, 5.41) is 3.04. The highest BCUT2D eigenvalue weighted by molar-refractivity contribution is 5.81. The van der Waals surface area contributed by atoms with E-state index in [9.17, 15) is 4.79 Å². The molecule has 1 aromatic rings. The minimum Gasteiger partial charge on any atom is -0.493 e. The molecule has 1 aromatic carbocycles. The molecule has 0 aliphatic heterocycles. The SMILES string of the molecule is COc1ccc([C@@H](C)NC(=O)[C@H]2C[C@@H]2C)cc1OC. The monoisotopic (exact) mass is 263 g/mol. The minimum absolute atomic E-state index is 0.0277. The van der Waals surface area contributed by atoms with Gasteiger partial charge in [-0.05, 0) is 37.0 Å². The second kappa shape index (κ2) is 5.51. The van der Waals surface area contributed by atoms with Crippen molar-refractivity contribution in [3.8, 4) is 11.5 Å². The molecule has 2 rings (SSSR count). The Hall–Kier alpha value is -1.71. The molecule has 4 nitrogen and oxygen atoms in total. The Morgan fingerprint density at radius 2 is 1.95 bits per heavy atom. The molecule has 0 unspecified atom stereocenters. The van der Waals surface area contributed by atoms with E-state index >= 15 is 0 Å². The summed E-state index contributed by atoms with van der Waals surface area (Å²) in [6.07, 6.45) is 1.00. The number of carbonyl (C=O) groups is 1. The van der Waals surface area contributed by atoms with E-state index < -0.39 is 0 Å². The van der Waals surface area contributed by atoms with Crippen molar-refractivity contribution in [3.63, 3.8) is 0 Å². The van der Waals surface area contributed by atoms with Gasteiger partial charge in [-0.15, -0.1) is 0 Å². The fourth-order valence-electron chi connectivity index (χ4n) is 2.21. The summed E-state index contributed by atoms with van der Waals surface area (Å²) in [5.41, 5.74) is 1.01. The van der Waals surface area contributed by atoms with Crippen LogP contribution in [0.1, 0.15) is 31.9 Å². The second-order valence-electron chi connectivity index (χ2n) is 5.16. The number of benzene rings is 1. The number of ether oxygens (including phenoxy) is 2. The summed E-state index contributed by atoms with van der Waals surface area (Å²) in [6.45, 7) is 4.08. The van der Waals surface area contributed by atoms with Crippen molar-refractivity contribution in [2.75, 3.05) is 14.2 Å². The van der Waals surface area contributed by atoms with Gasteiger partial charge in [-0.2, -0.15) is 0 Å². The fraction of sp³-hybridized carbons (Fsp3) is 0.533. The molecule has 0 aromatic heterocycles. The van der Waals surface area contributed by atoms with E-state index in [1.807, 2.05) is 25.1 Å². The topological polar surface area (TPSA) is 47.6 Å². The Balaban J connectivity index is 2.06. The van der Waals surface area contributed by atoms with Gasteiger partial charge in [0, 0.05) is 5.92 Å². The third-order valence-corrected chi connectivity index (χ3v) is 3.71. The number of hydrogen-bond donors (Lipinski definition) is 1. The van der Waals surface area contributed by atoms with Crippen LogP contribution in [-0.4, -0.2) is 20.1 Å². The summed E-state index contributed by atoms with van der Waals surface area (Å²) in [7, 11) is 3.22. The second-order valence-corrected chi connectivity index (χ2v) is 5.16. The van der Waals surface area contributed by atoms with Crippen LogP contribution in [0.25, 0.3) is 0 Å².